The summed E-state index contributed by atoms with van der Waals surface area (Å²) in [6, 6.07) is 0.353. The van der Waals surface area contributed by atoms with Crippen LogP contribution in [0.4, 0.5) is 0 Å². The second-order valence-electron chi connectivity index (χ2n) is 5.38. The van der Waals surface area contributed by atoms with Gasteiger partial charge >= 0.3 is 0 Å². The highest BCUT2D eigenvalue weighted by Gasteiger charge is 2.28. The Morgan fingerprint density at radius 3 is 2.67 bits per heavy atom. The van der Waals surface area contributed by atoms with Crippen molar-refractivity contribution in [2.75, 3.05) is 46.9 Å². The molecule has 1 aliphatic heterocycles. The summed E-state index contributed by atoms with van der Waals surface area (Å²) >= 11 is 0. The number of nitrogens with one attached hydrogen (secondary N) is 1. The topological polar surface area (TPSA) is 44.8 Å². The lowest BCUT2D eigenvalue weighted by Gasteiger charge is -2.33. The fourth-order valence-electron chi connectivity index (χ4n) is 2.83. The van der Waals surface area contributed by atoms with E-state index in [0.29, 0.717) is 12.6 Å². The van der Waals surface area contributed by atoms with E-state index in [9.17, 15) is 4.79 Å². The number of likely N-dealkylation sites (N-methyl/N-ethyl adjacent to an activating group) is 1. The van der Waals surface area contributed by atoms with Crippen molar-refractivity contribution in [2.24, 2.45) is 0 Å². The van der Waals surface area contributed by atoms with Crippen molar-refractivity contribution in [3.8, 4) is 0 Å². The SMILES string of the molecule is COC1CCCC1NCC(=O)N1CCN(C)CC1. The predicted molar refractivity (Wildman–Crippen MR) is 70.5 cm³/mol. The van der Waals surface area contributed by atoms with E-state index in [0.717, 1.165) is 39.0 Å². The zero-order chi connectivity index (χ0) is 13.0. The van der Waals surface area contributed by atoms with E-state index in [1.807, 2.05) is 4.90 Å². The molecule has 0 aromatic carbocycles. The Balaban J connectivity index is 1.71. The van der Waals surface area contributed by atoms with Crippen molar-refractivity contribution in [1.29, 1.82) is 0 Å². The quantitative estimate of drug-likeness (QED) is 0.763. The molecule has 2 atom stereocenters. The number of piperazine rings is 1. The third kappa shape index (κ3) is 3.43. The molecule has 5 heteroatoms. The van der Waals surface area contributed by atoms with Crippen LogP contribution in [0.1, 0.15) is 19.3 Å². The molecular weight excluding hydrogens is 230 g/mol. The van der Waals surface area contributed by atoms with E-state index in [2.05, 4.69) is 17.3 Å². The van der Waals surface area contributed by atoms with Crippen LogP contribution in [0.15, 0.2) is 0 Å². The molecule has 2 unspecified atom stereocenters. The summed E-state index contributed by atoms with van der Waals surface area (Å²) < 4.78 is 5.42. The first-order valence-corrected chi connectivity index (χ1v) is 6.93. The minimum absolute atomic E-state index is 0.227. The minimum Gasteiger partial charge on any atom is -0.380 e. The monoisotopic (exact) mass is 255 g/mol. The number of methoxy groups -OCH3 is 1. The van der Waals surface area contributed by atoms with Gasteiger partial charge in [0.05, 0.1) is 12.6 Å². The van der Waals surface area contributed by atoms with Crippen molar-refractivity contribution in [2.45, 2.75) is 31.4 Å². The molecule has 1 saturated heterocycles. The molecule has 104 valence electrons. The number of carbonyl (C=O) groups excluding carboxylic acids is 1. The fourth-order valence-corrected chi connectivity index (χ4v) is 2.83. The minimum atomic E-state index is 0.227. The van der Waals surface area contributed by atoms with Gasteiger partial charge in [-0.2, -0.15) is 0 Å². The lowest BCUT2D eigenvalue weighted by Crippen LogP contribution is -2.51. The predicted octanol–water partition coefficient (Wildman–Crippen LogP) is -0.0825. The maximum atomic E-state index is 12.1. The van der Waals surface area contributed by atoms with Gasteiger partial charge in [0.15, 0.2) is 0 Å². The molecule has 1 amide bonds. The van der Waals surface area contributed by atoms with Crippen LogP contribution >= 0.6 is 0 Å². The Morgan fingerprint density at radius 1 is 1.28 bits per heavy atom. The molecule has 0 aromatic heterocycles. The summed E-state index contributed by atoms with van der Waals surface area (Å²) in [6.45, 7) is 4.13. The number of ether oxygens (including phenoxy) is 1. The summed E-state index contributed by atoms with van der Waals surface area (Å²) in [5.41, 5.74) is 0. The van der Waals surface area contributed by atoms with E-state index in [4.69, 9.17) is 4.74 Å². The zero-order valence-electron chi connectivity index (χ0n) is 11.5. The van der Waals surface area contributed by atoms with E-state index in [-0.39, 0.29) is 12.0 Å². The summed E-state index contributed by atoms with van der Waals surface area (Å²) in [5, 5.41) is 3.36. The second-order valence-corrected chi connectivity index (χ2v) is 5.38. The molecule has 18 heavy (non-hydrogen) atoms. The van der Waals surface area contributed by atoms with Crippen LogP contribution in [0.25, 0.3) is 0 Å². The first-order valence-electron chi connectivity index (χ1n) is 6.93. The largest absolute Gasteiger partial charge is 0.380 e. The van der Waals surface area contributed by atoms with Crippen LogP contribution in [-0.2, 0) is 9.53 Å². The standard InChI is InChI=1S/C13H25N3O2/c1-15-6-8-16(9-7-15)13(17)10-14-11-4-3-5-12(11)18-2/h11-12,14H,3-10H2,1-2H3. The maximum absolute atomic E-state index is 12.1. The Labute approximate surface area is 109 Å². The second kappa shape index (κ2) is 6.50. The summed E-state index contributed by atoms with van der Waals surface area (Å²) in [4.78, 5) is 16.3. The number of nitrogens with zero attached hydrogens (tertiary/aromatic N) is 2. The van der Waals surface area contributed by atoms with Crippen molar-refractivity contribution < 1.29 is 9.53 Å². The van der Waals surface area contributed by atoms with Gasteiger partial charge in [-0.3, -0.25) is 4.79 Å². The number of hydrogen-bond donors (Lipinski definition) is 1. The molecule has 0 bridgehead atoms. The Kier molecular flexibility index (Phi) is 4.97. The van der Waals surface area contributed by atoms with Crippen LogP contribution < -0.4 is 5.32 Å². The van der Waals surface area contributed by atoms with Crippen LogP contribution in [0.3, 0.4) is 0 Å². The third-order valence-electron chi connectivity index (χ3n) is 4.13. The normalized spacial score (nSPS) is 29.8. The summed E-state index contributed by atoms with van der Waals surface area (Å²) in [5.74, 6) is 0.227. The Bertz CT molecular complexity index is 277. The van der Waals surface area contributed by atoms with Gasteiger partial charge in [-0.15, -0.1) is 0 Å². The number of amides is 1. The van der Waals surface area contributed by atoms with Gasteiger partial charge in [-0.1, -0.05) is 0 Å². The first kappa shape index (κ1) is 13.8. The van der Waals surface area contributed by atoms with Crippen molar-refractivity contribution in [3.63, 3.8) is 0 Å². The van der Waals surface area contributed by atoms with Gasteiger partial charge in [-0.25, -0.2) is 0 Å². The lowest BCUT2D eigenvalue weighted by atomic mass is 10.2. The summed E-state index contributed by atoms with van der Waals surface area (Å²) in [6.07, 6.45) is 3.70. The van der Waals surface area contributed by atoms with E-state index in [1.54, 1.807) is 7.11 Å². The fraction of sp³-hybridized carbons (Fsp3) is 0.923. The highest BCUT2D eigenvalue weighted by atomic mass is 16.5. The molecule has 1 N–H and O–H groups in total. The van der Waals surface area contributed by atoms with Crippen molar-refractivity contribution in [3.05, 3.63) is 0 Å². The van der Waals surface area contributed by atoms with Gasteiger partial charge < -0.3 is 19.9 Å². The molecule has 5 nitrogen and oxygen atoms in total. The average Bonchev–Trinajstić information content (AvgIpc) is 2.84. The Morgan fingerprint density at radius 2 is 2.00 bits per heavy atom. The van der Waals surface area contributed by atoms with Gasteiger partial charge in [0, 0.05) is 39.3 Å². The highest BCUT2D eigenvalue weighted by molar-refractivity contribution is 5.78. The molecule has 2 aliphatic rings. The first-order chi connectivity index (χ1) is 8.70. The maximum Gasteiger partial charge on any atom is 0.236 e. The number of carbonyl (C=O) groups is 1. The number of hydrogen-bond acceptors (Lipinski definition) is 4. The summed E-state index contributed by atoms with van der Waals surface area (Å²) in [7, 11) is 3.86. The molecule has 1 aliphatic carbocycles. The van der Waals surface area contributed by atoms with Crippen LogP contribution in [0.2, 0.25) is 0 Å². The average molecular weight is 255 g/mol. The van der Waals surface area contributed by atoms with Crippen LogP contribution in [-0.4, -0.2) is 74.7 Å². The molecule has 0 aromatic rings. The Hall–Kier alpha value is -0.650. The van der Waals surface area contributed by atoms with Crippen LogP contribution in [0, 0.1) is 0 Å². The molecular formula is C13H25N3O2. The van der Waals surface area contributed by atoms with E-state index in [1.165, 1.54) is 6.42 Å². The van der Waals surface area contributed by atoms with Crippen molar-refractivity contribution in [1.82, 2.24) is 15.1 Å². The van der Waals surface area contributed by atoms with Gasteiger partial charge in [-0.05, 0) is 26.3 Å². The van der Waals surface area contributed by atoms with Gasteiger partial charge in [0.1, 0.15) is 0 Å². The van der Waals surface area contributed by atoms with Gasteiger partial charge in [0.2, 0.25) is 5.91 Å². The highest BCUT2D eigenvalue weighted by Crippen LogP contribution is 2.21. The smallest absolute Gasteiger partial charge is 0.236 e. The zero-order valence-corrected chi connectivity index (χ0v) is 11.5. The van der Waals surface area contributed by atoms with Crippen LogP contribution in [0.5, 0.6) is 0 Å². The van der Waals surface area contributed by atoms with E-state index >= 15 is 0 Å². The molecule has 1 heterocycles. The molecule has 1 saturated carbocycles. The van der Waals surface area contributed by atoms with E-state index < -0.39 is 0 Å². The van der Waals surface area contributed by atoms with Crippen molar-refractivity contribution >= 4 is 5.91 Å². The third-order valence-corrected chi connectivity index (χ3v) is 4.13. The number of rotatable bonds is 4. The molecule has 2 fully saturated rings. The molecule has 0 spiro atoms. The lowest BCUT2D eigenvalue weighted by molar-refractivity contribution is -0.132. The van der Waals surface area contributed by atoms with Gasteiger partial charge in [0.25, 0.3) is 0 Å². The molecule has 2 rings (SSSR count). The molecule has 0 radical (unpaired) electrons.